The van der Waals surface area contributed by atoms with Gasteiger partial charge in [-0.15, -0.1) is 0 Å². The Morgan fingerprint density at radius 2 is 1.65 bits per heavy atom. The number of rotatable bonds is 14. The van der Waals surface area contributed by atoms with Gasteiger partial charge in [-0.05, 0) is 26.8 Å². The van der Waals surface area contributed by atoms with Gasteiger partial charge in [0.2, 0.25) is 0 Å². The standard InChI is InChI=1S/C17H38N4O2/c1-6-8-12-22-14-15-23-13-10-20-17(18-5)19-9-11-21(7-2)16(3)4/h16H,6-15H2,1-5H3,(H2,18,19,20). The van der Waals surface area contributed by atoms with Crippen molar-refractivity contribution in [3.63, 3.8) is 0 Å². The van der Waals surface area contributed by atoms with Gasteiger partial charge < -0.3 is 20.1 Å². The summed E-state index contributed by atoms with van der Waals surface area (Å²) in [6.45, 7) is 15.3. The number of hydrogen-bond donors (Lipinski definition) is 2. The lowest BCUT2D eigenvalue weighted by Gasteiger charge is -2.25. The van der Waals surface area contributed by atoms with Crippen molar-refractivity contribution in [1.29, 1.82) is 0 Å². The normalized spacial score (nSPS) is 12.2. The zero-order chi connectivity index (χ0) is 17.3. The number of hydrogen-bond acceptors (Lipinski definition) is 4. The van der Waals surface area contributed by atoms with Crippen LogP contribution in [0.3, 0.4) is 0 Å². The lowest BCUT2D eigenvalue weighted by molar-refractivity contribution is 0.0487. The number of aliphatic imine (C=N–C) groups is 1. The van der Waals surface area contributed by atoms with E-state index in [-0.39, 0.29) is 0 Å². The minimum atomic E-state index is 0.574. The molecule has 0 radical (unpaired) electrons. The molecule has 0 unspecified atom stereocenters. The second-order valence-electron chi connectivity index (χ2n) is 5.73. The molecule has 2 N–H and O–H groups in total. The molecule has 138 valence electrons. The van der Waals surface area contributed by atoms with E-state index in [4.69, 9.17) is 9.47 Å². The maximum atomic E-state index is 5.52. The molecule has 0 aromatic carbocycles. The van der Waals surface area contributed by atoms with Crippen LogP contribution in [0.15, 0.2) is 4.99 Å². The molecule has 0 aliphatic heterocycles. The van der Waals surface area contributed by atoms with Gasteiger partial charge in [0.15, 0.2) is 5.96 Å². The van der Waals surface area contributed by atoms with Crippen LogP contribution in [0.5, 0.6) is 0 Å². The molecule has 0 saturated heterocycles. The van der Waals surface area contributed by atoms with Gasteiger partial charge in [0.05, 0.1) is 19.8 Å². The van der Waals surface area contributed by atoms with E-state index in [2.05, 4.69) is 48.2 Å². The Bertz CT molecular complexity index is 286. The third-order valence-electron chi connectivity index (χ3n) is 3.60. The molecule has 0 aliphatic carbocycles. The largest absolute Gasteiger partial charge is 0.379 e. The summed E-state index contributed by atoms with van der Waals surface area (Å²) in [7, 11) is 1.79. The minimum absolute atomic E-state index is 0.574. The molecule has 0 heterocycles. The average Bonchev–Trinajstić information content (AvgIpc) is 2.54. The Labute approximate surface area is 143 Å². The molecule has 0 amide bonds. The maximum absolute atomic E-state index is 5.52. The van der Waals surface area contributed by atoms with Gasteiger partial charge in [-0.3, -0.25) is 9.89 Å². The van der Waals surface area contributed by atoms with Gasteiger partial charge >= 0.3 is 0 Å². The second-order valence-corrected chi connectivity index (χ2v) is 5.73. The molecule has 0 spiro atoms. The molecule has 0 atom stereocenters. The lowest BCUT2D eigenvalue weighted by Crippen LogP contribution is -2.43. The van der Waals surface area contributed by atoms with Gasteiger partial charge in [0.25, 0.3) is 0 Å². The molecule has 0 saturated carbocycles. The molecule has 0 fully saturated rings. The van der Waals surface area contributed by atoms with Gasteiger partial charge in [-0.25, -0.2) is 0 Å². The summed E-state index contributed by atoms with van der Waals surface area (Å²) in [5, 5.41) is 6.59. The van der Waals surface area contributed by atoms with Crippen LogP contribution in [0.25, 0.3) is 0 Å². The average molecular weight is 331 g/mol. The number of nitrogens with zero attached hydrogens (tertiary/aromatic N) is 2. The van der Waals surface area contributed by atoms with E-state index < -0.39 is 0 Å². The van der Waals surface area contributed by atoms with Crippen molar-refractivity contribution in [3.8, 4) is 0 Å². The third-order valence-corrected chi connectivity index (χ3v) is 3.60. The number of ether oxygens (including phenoxy) is 2. The highest BCUT2D eigenvalue weighted by Gasteiger charge is 2.06. The Morgan fingerprint density at radius 3 is 2.22 bits per heavy atom. The quantitative estimate of drug-likeness (QED) is 0.288. The second kappa shape index (κ2) is 16.0. The number of guanidine groups is 1. The zero-order valence-corrected chi connectivity index (χ0v) is 15.9. The summed E-state index contributed by atoms with van der Waals surface area (Å²) >= 11 is 0. The Kier molecular flexibility index (Phi) is 15.4. The Balaban J connectivity index is 3.56. The van der Waals surface area contributed by atoms with Crippen molar-refractivity contribution in [2.45, 2.75) is 46.6 Å². The summed E-state index contributed by atoms with van der Waals surface area (Å²) in [5.74, 6) is 0.826. The van der Waals surface area contributed by atoms with Crippen LogP contribution in [-0.4, -0.2) is 76.6 Å². The van der Waals surface area contributed by atoms with Crippen LogP contribution in [0.2, 0.25) is 0 Å². The van der Waals surface area contributed by atoms with Gasteiger partial charge in [-0.1, -0.05) is 20.3 Å². The first kappa shape index (κ1) is 22.1. The monoisotopic (exact) mass is 330 g/mol. The van der Waals surface area contributed by atoms with Gasteiger partial charge in [0, 0.05) is 39.3 Å². The SMILES string of the molecule is CCCCOCCOCCNC(=NC)NCCN(CC)C(C)C. The molecule has 6 nitrogen and oxygen atoms in total. The first-order chi connectivity index (χ1) is 11.2. The zero-order valence-electron chi connectivity index (χ0n) is 15.9. The highest BCUT2D eigenvalue weighted by atomic mass is 16.5. The first-order valence-corrected chi connectivity index (χ1v) is 8.99. The van der Waals surface area contributed by atoms with Crippen molar-refractivity contribution in [2.75, 3.05) is 59.7 Å². The molecular formula is C17H38N4O2. The van der Waals surface area contributed by atoms with Crippen molar-refractivity contribution >= 4 is 5.96 Å². The maximum Gasteiger partial charge on any atom is 0.191 e. The number of nitrogens with one attached hydrogen (secondary N) is 2. The van der Waals surface area contributed by atoms with E-state index in [1.54, 1.807) is 7.05 Å². The summed E-state index contributed by atoms with van der Waals surface area (Å²) in [5.41, 5.74) is 0. The highest BCUT2D eigenvalue weighted by Crippen LogP contribution is 1.95. The van der Waals surface area contributed by atoms with Crippen LogP contribution in [0.4, 0.5) is 0 Å². The number of likely N-dealkylation sites (N-methyl/N-ethyl adjacent to an activating group) is 1. The summed E-state index contributed by atoms with van der Waals surface area (Å²) < 4.78 is 11.0. The van der Waals surface area contributed by atoms with Crippen LogP contribution >= 0.6 is 0 Å². The van der Waals surface area contributed by atoms with Crippen molar-refractivity contribution in [3.05, 3.63) is 0 Å². The van der Waals surface area contributed by atoms with Gasteiger partial charge in [0.1, 0.15) is 0 Å². The van der Waals surface area contributed by atoms with E-state index >= 15 is 0 Å². The molecule has 23 heavy (non-hydrogen) atoms. The molecule has 0 aliphatic rings. The van der Waals surface area contributed by atoms with E-state index in [1.807, 2.05) is 0 Å². The fourth-order valence-corrected chi connectivity index (χ4v) is 2.13. The van der Waals surface area contributed by atoms with E-state index in [0.29, 0.717) is 25.9 Å². The summed E-state index contributed by atoms with van der Waals surface area (Å²) in [4.78, 5) is 6.64. The highest BCUT2D eigenvalue weighted by molar-refractivity contribution is 5.79. The molecule has 0 aromatic heterocycles. The predicted octanol–water partition coefficient (Wildman–Crippen LogP) is 1.72. The van der Waals surface area contributed by atoms with Crippen LogP contribution in [0.1, 0.15) is 40.5 Å². The minimum Gasteiger partial charge on any atom is -0.379 e. The van der Waals surface area contributed by atoms with Crippen LogP contribution in [-0.2, 0) is 9.47 Å². The molecule has 0 bridgehead atoms. The van der Waals surface area contributed by atoms with Crippen molar-refractivity contribution in [2.24, 2.45) is 4.99 Å². The van der Waals surface area contributed by atoms with E-state index in [0.717, 1.165) is 45.2 Å². The molecule has 0 rings (SSSR count). The Morgan fingerprint density at radius 1 is 1.00 bits per heavy atom. The van der Waals surface area contributed by atoms with E-state index in [1.165, 1.54) is 6.42 Å². The summed E-state index contributed by atoms with van der Waals surface area (Å²) in [6.07, 6.45) is 2.29. The smallest absolute Gasteiger partial charge is 0.191 e. The van der Waals surface area contributed by atoms with Gasteiger partial charge in [-0.2, -0.15) is 0 Å². The molecule has 6 heteroatoms. The third kappa shape index (κ3) is 13.3. The fourth-order valence-electron chi connectivity index (χ4n) is 2.13. The van der Waals surface area contributed by atoms with Crippen LogP contribution < -0.4 is 10.6 Å². The van der Waals surface area contributed by atoms with Crippen molar-refractivity contribution < 1.29 is 9.47 Å². The molecule has 0 aromatic rings. The van der Waals surface area contributed by atoms with Crippen LogP contribution in [0, 0.1) is 0 Å². The van der Waals surface area contributed by atoms with Crippen molar-refractivity contribution in [1.82, 2.24) is 15.5 Å². The lowest BCUT2D eigenvalue weighted by atomic mass is 10.3. The first-order valence-electron chi connectivity index (χ1n) is 8.99. The fraction of sp³-hybridized carbons (Fsp3) is 0.941. The summed E-state index contributed by atoms with van der Waals surface area (Å²) in [6, 6.07) is 0.574. The molecular weight excluding hydrogens is 292 g/mol. The number of unbranched alkanes of at least 4 members (excludes halogenated alkanes) is 1. The van der Waals surface area contributed by atoms with E-state index in [9.17, 15) is 0 Å². The Hall–Kier alpha value is -0.850. The predicted molar refractivity (Wildman–Crippen MR) is 98.3 cm³/mol. The topological polar surface area (TPSA) is 58.1 Å².